The molecule has 0 atom stereocenters. The third-order valence-corrected chi connectivity index (χ3v) is 6.62. The molecule has 2 aromatic heterocycles. The molecule has 4 heterocycles. The Balaban J connectivity index is 1.33. The van der Waals surface area contributed by atoms with Crippen molar-refractivity contribution in [3.63, 3.8) is 0 Å². The molecule has 1 fully saturated rings. The maximum Gasteiger partial charge on any atom is 0.255 e. The summed E-state index contributed by atoms with van der Waals surface area (Å²) in [4.78, 5) is 35.7. The topological polar surface area (TPSA) is 71.0 Å². The maximum absolute atomic E-state index is 13.2. The maximum atomic E-state index is 13.2. The van der Waals surface area contributed by atoms with Gasteiger partial charge in [-0.15, -0.1) is 0 Å². The zero-order chi connectivity index (χ0) is 19.5. The second-order valence-corrected chi connectivity index (χ2v) is 8.70. The largest absolute Gasteiger partial charge is 0.310 e. The highest BCUT2D eigenvalue weighted by Crippen LogP contribution is 2.37. The van der Waals surface area contributed by atoms with Crippen LogP contribution in [0.25, 0.3) is 10.9 Å². The van der Waals surface area contributed by atoms with E-state index in [-0.39, 0.29) is 11.1 Å². The van der Waals surface area contributed by atoms with E-state index in [0.29, 0.717) is 19.0 Å². The minimum atomic E-state index is -0.00318. The first-order chi connectivity index (χ1) is 14.2. The smallest absolute Gasteiger partial charge is 0.255 e. The van der Waals surface area contributed by atoms with E-state index in [0.717, 1.165) is 78.7 Å². The number of aromatic nitrogens is 3. The Hall–Kier alpha value is -2.73. The van der Waals surface area contributed by atoms with Gasteiger partial charge in [-0.2, -0.15) is 0 Å². The Bertz CT molecular complexity index is 1250. The van der Waals surface area contributed by atoms with E-state index in [9.17, 15) is 9.59 Å². The van der Waals surface area contributed by atoms with Crippen molar-refractivity contribution in [3.05, 3.63) is 73.2 Å². The molecule has 3 aliphatic rings. The van der Waals surface area contributed by atoms with Gasteiger partial charge in [0.1, 0.15) is 5.82 Å². The first-order valence-corrected chi connectivity index (χ1v) is 10.7. The number of fused-ring (bicyclic) bond motifs is 1. The molecule has 6 heteroatoms. The van der Waals surface area contributed by atoms with Crippen molar-refractivity contribution in [1.29, 1.82) is 0 Å². The summed E-state index contributed by atoms with van der Waals surface area (Å²) in [6.45, 7) is 2.74. The summed E-state index contributed by atoms with van der Waals surface area (Å²) in [5.41, 5.74) is 5.02. The van der Waals surface area contributed by atoms with Crippen LogP contribution in [-0.4, -0.2) is 26.0 Å². The molecule has 0 radical (unpaired) electrons. The number of aryl methyl sites for hydroxylation is 2. The van der Waals surface area contributed by atoms with Crippen molar-refractivity contribution < 1.29 is 0 Å². The molecule has 0 unspecified atom stereocenters. The van der Waals surface area contributed by atoms with Gasteiger partial charge in [-0.25, -0.2) is 4.98 Å². The summed E-state index contributed by atoms with van der Waals surface area (Å²) >= 11 is 0. The van der Waals surface area contributed by atoms with E-state index in [1.807, 2.05) is 4.57 Å². The van der Waals surface area contributed by atoms with Gasteiger partial charge in [0, 0.05) is 44.1 Å². The zero-order valence-electron chi connectivity index (χ0n) is 16.4. The highest BCUT2D eigenvalue weighted by atomic mass is 16.1. The zero-order valence-corrected chi connectivity index (χ0v) is 16.4. The van der Waals surface area contributed by atoms with Crippen LogP contribution in [0.3, 0.4) is 0 Å². The van der Waals surface area contributed by atoms with Crippen LogP contribution >= 0.6 is 0 Å². The summed E-state index contributed by atoms with van der Waals surface area (Å²) in [5.74, 6) is 1.32. The highest BCUT2D eigenvalue weighted by Gasteiger charge is 2.29. The molecule has 1 aliphatic carbocycles. The van der Waals surface area contributed by atoms with Crippen LogP contribution in [0.2, 0.25) is 0 Å². The molecule has 1 saturated carbocycles. The van der Waals surface area contributed by atoms with E-state index >= 15 is 0 Å². The molecule has 6 rings (SSSR count). The number of hydrogen-bond donors (Lipinski definition) is 1. The van der Waals surface area contributed by atoms with Crippen molar-refractivity contribution >= 4 is 10.9 Å². The third-order valence-electron chi connectivity index (χ3n) is 6.62. The second kappa shape index (κ2) is 6.39. The quantitative estimate of drug-likeness (QED) is 0.748. The van der Waals surface area contributed by atoms with E-state index in [2.05, 4.69) is 34.1 Å². The van der Waals surface area contributed by atoms with Crippen LogP contribution in [0.4, 0.5) is 0 Å². The molecule has 6 nitrogen and oxygen atoms in total. The highest BCUT2D eigenvalue weighted by molar-refractivity contribution is 5.83. The van der Waals surface area contributed by atoms with Crippen molar-refractivity contribution in [3.8, 4) is 0 Å². The number of hydrogen-bond acceptors (Lipinski definition) is 4. The van der Waals surface area contributed by atoms with Gasteiger partial charge in [0.2, 0.25) is 0 Å². The standard InChI is InChI=1S/C23H24N4O2/c28-22-18-13-26(10-8-19(18)24-21(25-22)15-6-7-15)12-17-11-16-4-1-3-14-5-2-9-27(20(14)16)23(17)29/h1,3-4,11,15H,2,5-10,12-13H2,(H,24,25,28). The summed E-state index contributed by atoms with van der Waals surface area (Å²) in [5, 5.41) is 1.14. The number of benzene rings is 1. The number of pyridine rings is 1. The van der Waals surface area contributed by atoms with E-state index in [1.54, 1.807) is 0 Å². The fraction of sp³-hybridized carbons (Fsp3) is 0.435. The Kier molecular flexibility index (Phi) is 3.78. The van der Waals surface area contributed by atoms with E-state index < -0.39 is 0 Å². The number of nitrogens with one attached hydrogen (secondary N) is 1. The monoisotopic (exact) mass is 388 g/mol. The normalized spacial score (nSPS) is 18.8. The first-order valence-electron chi connectivity index (χ1n) is 10.7. The van der Waals surface area contributed by atoms with Gasteiger partial charge < -0.3 is 9.55 Å². The Morgan fingerprint density at radius 2 is 2.03 bits per heavy atom. The Labute approximate surface area is 168 Å². The minimum absolute atomic E-state index is 0.00318. The molecule has 1 aromatic carbocycles. The third kappa shape index (κ3) is 2.85. The van der Waals surface area contributed by atoms with Crippen molar-refractivity contribution in [2.75, 3.05) is 6.54 Å². The van der Waals surface area contributed by atoms with Crippen LogP contribution < -0.4 is 11.1 Å². The van der Waals surface area contributed by atoms with E-state index in [1.165, 1.54) is 5.56 Å². The number of rotatable bonds is 3. The molecule has 0 bridgehead atoms. The lowest BCUT2D eigenvalue weighted by atomic mass is 9.99. The molecular weight excluding hydrogens is 364 g/mol. The Morgan fingerprint density at radius 3 is 2.90 bits per heavy atom. The summed E-state index contributed by atoms with van der Waals surface area (Å²) in [7, 11) is 0. The SMILES string of the molecule is O=c1[nH]c(C2CC2)nc2c1CN(Cc1cc3cccc4c3n(c1=O)CCC4)CC2. The lowest BCUT2D eigenvalue weighted by Gasteiger charge is -2.28. The van der Waals surface area contributed by atoms with Gasteiger partial charge in [-0.3, -0.25) is 14.5 Å². The summed E-state index contributed by atoms with van der Waals surface area (Å²) in [6, 6.07) is 8.37. The predicted octanol–water partition coefficient (Wildman–Crippen LogP) is 2.47. The predicted molar refractivity (Wildman–Crippen MR) is 111 cm³/mol. The summed E-state index contributed by atoms with van der Waals surface area (Å²) < 4.78 is 1.96. The second-order valence-electron chi connectivity index (χ2n) is 8.70. The average Bonchev–Trinajstić information content (AvgIpc) is 3.57. The number of nitrogens with zero attached hydrogens (tertiary/aromatic N) is 3. The molecule has 3 aromatic rings. The van der Waals surface area contributed by atoms with Crippen LogP contribution in [0, 0.1) is 0 Å². The van der Waals surface area contributed by atoms with Gasteiger partial charge in [0.25, 0.3) is 11.1 Å². The fourth-order valence-electron chi connectivity index (χ4n) is 4.96. The van der Waals surface area contributed by atoms with Gasteiger partial charge in [-0.1, -0.05) is 18.2 Å². The molecule has 148 valence electrons. The molecule has 2 aliphatic heterocycles. The van der Waals surface area contributed by atoms with Gasteiger partial charge in [0.15, 0.2) is 0 Å². The molecule has 29 heavy (non-hydrogen) atoms. The van der Waals surface area contributed by atoms with Gasteiger partial charge in [0.05, 0.1) is 16.8 Å². The number of H-pyrrole nitrogens is 1. The molecule has 1 N–H and O–H groups in total. The van der Waals surface area contributed by atoms with Crippen LogP contribution in [-0.2, 0) is 32.5 Å². The minimum Gasteiger partial charge on any atom is -0.310 e. The van der Waals surface area contributed by atoms with Gasteiger partial charge in [-0.05, 0) is 42.7 Å². The average molecular weight is 388 g/mol. The summed E-state index contributed by atoms with van der Waals surface area (Å²) in [6.07, 6.45) is 5.08. The fourth-order valence-corrected chi connectivity index (χ4v) is 4.96. The Morgan fingerprint density at radius 1 is 1.14 bits per heavy atom. The lowest BCUT2D eigenvalue weighted by molar-refractivity contribution is 0.240. The molecule has 0 spiro atoms. The van der Waals surface area contributed by atoms with E-state index in [4.69, 9.17) is 4.98 Å². The van der Waals surface area contributed by atoms with Crippen LogP contribution in [0.1, 0.15) is 53.4 Å². The first kappa shape index (κ1) is 17.2. The molecule has 0 amide bonds. The van der Waals surface area contributed by atoms with Crippen molar-refractivity contribution in [2.45, 2.75) is 57.7 Å². The molecular formula is C23H24N4O2. The van der Waals surface area contributed by atoms with Gasteiger partial charge >= 0.3 is 0 Å². The van der Waals surface area contributed by atoms with Crippen molar-refractivity contribution in [2.24, 2.45) is 0 Å². The van der Waals surface area contributed by atoms with Crippen LogP contribution in [0.15, 0.2) is 33.9 Å². The number of aromatic amines is 1. The lowest BCUT2D eigenvalue weighted by Crippen LogP contribution is -2.38. The van der Waals surface area contributed by atoms with Crippen LogP contribution in [0.5, 0.6) is 0 Å². The van der Waals surface area contributed by atoms with Crippen molar-refractivity contribution in [1.82, 2.24) is 19.4 Å². The molecule has 0 saturated heterocycles. The number of para-hydroxylation sites is 1.